The van der Waals surface area contributed by atoms with Crippen LogP contribution >= 0.6 is 0 Å². The second-order valence-electron chi connectivity index (χ2n) is 8.19. The third kappa shape index (κ3) is 3.77. The summed E-state index contributed by atoms with van der Waals surface area (Å²) in [4.78, 5) is 20.4. The molecule has 30 heavy (non-hydrogen) atoms. The summed E-state index contributed by atoms with van der Waals surface area (Å²) in [5.41, 5.74) is 3.12. The highest BCUT2D eigenvalue weighted by Crippen LogP contribution is 2.27. The molecule has 4 rings (SSSR count). The molecule has 3 aromatic rings. The summed E-state index contributed by atoms with van der Waals surface area (Å²) in [5.74, 6) is -0.0637. The molecule has 1 atom stereocenters. The molecule has 2 aromatic carbocycles. The predicted octanol–water partition coefficient (Wildman–Crippen LogP) is 4.22. The van der Waals surface area contributed by atoms with E-state index in [1.807, 2.05) is 50.2 Å². The number of aliphatic imine (C=N–C) groups is 1. The van der Waals surface area contributed by atoms with Crippen molar-refractivity contribution in [3.8, 4) is 11.6 Å². The average molecular weight is 404 g/mol. The molecule has 1 aromatic heterocycles. The maximum Gasteiger partial charge on any atom is 0.265 e. The van der Waals surface area contributed by atoms with Gasteiger partial charge in [-0.2, -0.15) is 0 Å². The number of fused-ring (bicyclic) bond motifs is 1. The van der Waals surface area contributed by atoms with E-state index in [-0.39, 0.29) is 11.4 Å². The Kier molecular flexibility index (Phi) is 5.73. The Hall–Kier alpha value is -2.92. The van der Waals surface area contributed by atoms with E-state index < -0.39 is 0 Å². The number of nitrogens with zero attached hydrogens (tertiary/aromatic N) is 3. The zero-order valence-electron chi connectivity index (χ0n) is 17.9. The van der Waals surface area contributed by atoms with Crippen LogP contribution in [0.5, 0.6) is 5.88 Å². The number of likely N-dealkylation sites (N-methyl/N-ethyl adjacent to an activating group) is 1. The van der Waals surface area contributed by atoms with Crippen LogP contribution in [0.25, 0.3) is 16.5 Å². The highest BCUT2D eigenvalue weighted by molar-refractivity contribution is 6.01. The largest absolute Gasteiger partial charge is 0.494 e. The molecule has 1 fully saturated rings. The lowest BCUT2D eigenvalue weighted by molar-refractivity contribution is 0.273. The van der Waals surface area contributed by atoms with Crippen LogP contribution in [0.4, 0.5) is 0 Å². The van der Waals surface area contributed by atoms with Gasteiger partial charge in [-0.05, 0) is 69.1 Å². The average Bonchev–Trinajstić information content (AvgIpc) is 3.17. The van der Waals surface area contributed by atoms with E-state index in [0.717, 1.165) is 36.0 Å². The van der Waals surface area contributed by atoms with Crippen molar-refractivity contribution in [2.45, 2.75) is 39.7 Å². The van der Waals surface area contributed by atoms with Crippen LogP contribution in [0, 0.1) is 13.8 Å². The van der Waals surface area contributed by atoms with Crippen LogP contribution in [0.15, 0.2) is 52.3 Å². The van der Waals surface area contributed by atoms with Crippen LogP contribution in [0.2, 0.25) is 0 Å². The fourth-order valence-electron chi connectivity index (χ4n) is 4.59. The van der Waals surface area contributed by atoms with Crippen molar-refractivity contribution in [1.29, 1.82) is 0 Å². The van der Waals surface area contributed by atoms with Gasteiger partial charge in [-0.25, -0.2) is 4.57 Å². The number of hydrogen-bond acceptors (Lipinski definition) is 4. The molecule has 1 aliphatic rings. The zero-order chi connectivity index (χ0) is 21.3. The van der Waals surface area contributed by atoms with Gasteiger partial charge >= 0.3 is 0 Å². The van der Waals surface area contributed by atoms with E-state index in [4.69, 9.17) is 4.99 Å². The minimum absolute atomic E-state index is 0.0637. The van der Waals surface area contributed by atoms with E-state index in [1.165, 1.54) is 11.0 Å². The molecule has 0 unspecified atom stereocenters. The molecule has 0 bridgehead atoms. The molecule has 5 nitrogen and oxygen atoms in total. The summed E-state index contributed by atoms with van der Waals surface area (Å²) in [6, 6.07) is 13.8. The Morgan fingerprint density at radius 1 is 1.13 bits per heavy atom. The number of rotatable bonds is 5. The number of aryl methyl sites for hydroxylation is 2. The van der Waals surface area contributed by atoms with Gasteiger partial charge in [0.1, 0.15) is 0 Å². The van der Waals surface area contributed by atoms with E-state index in [9.17, 15) is 9.90 Å². The van der Waals surface area contributed by atoms with Gasteiger partial charge in [-0.15, -0.1) is 0 Å². The van der Waals surface area contributed by atoms with Crippen LogP contribution in [0.3, 0.4) is 0 Å². The maximum absolute atomic E-state index is 13.2. The van der Waals surface area contributed by atoms with Crippen molar-refractivity contribution >= 4 is 17.0 Å². The van der Waals surface area contributed by atoms with E-state index >= 15 is 0 Å². The monoisotopic (exact) mass is 403 g/mol. The quantitative estimate of drug-likeness (QED) is 0.649. The topological polar surface area (TPSA) is 57.8 Å². The molecule has 1 N–H and O–H groups in total. The maximum atomic E-state index is 13.2. The summed E-state index contributed by atoms with van der Waals surface area (Å²) in [5, 5.41) is 12.5. The molecule has 156 valence electrons. The van der Waals surface area contributed by atoms with Crippen molar-refractivity contribution in [3.05, 3.63) is 69.5 Å². The fraction of sp³-hybridized carbons (Fsp3) is 0.360. The van der Waals surface area contributed by atoms with Crippen molar-refractivity contribution in [2.24, 2.45) is 4.99 Å². The minimum Gasteiger partial charge on any atom is -0.494 e. The summed E-state index contributed by atoms with van der Waals surface area (Å²) >= 11 is 0. The SMILES string of the molecule is CCN1CCC[C@@H]1CN=Cc1c(O)n(-c2cc(C)cc(C)c2)c(=O)c2ccccc12. The molecule has 1 aliphatic heterocycles. The number of benzene rings is 2. The molecule has 0 amide bonds. The third-order valence-corrected chi connectivity index (χ3v) is 6.01. The van der Waals surface area contributed by atoms with Crippen molar-refractivity contribution < 1.29 is 5.11 Å². The van der Waals surface area contributed by atoms with E-state index in [1.54, 1.807) is 6.21 Å². The van der Waals surface area contributed by atoms with Crippen molar-refractivity contribution in [2.75, 3.05) is 19.6 Å². The molecule has 2 heterocycles. The molecule has 0 aliphatic carbocycles. The number of likely N-dealkylation sites (tertiary alicyclic amines) is 1. The normalized spacial score (nSPS) is 17.4. The van der Waals surface area contributed by atoms with Crippen LogP contribution in [-0.4, -0.2) is 46.5 Å². The van der Waals surface area contributed by atoms with Crippen molar-refractivity contribution in [3.63, 3.8) is 0 Å². The summed E-state index contributed by atoms with van der Waals surface area (Å²) in [7, 11) is 0. The zero-order valence-corrected chi connectivity index (χ0v) is 17.9. The number of pyridine rings is 1. The van der Waals surface area contributed by atoms with Gasteiger partial charge in [-0.1, -0.05) is 31.2 Å². The van der Waals surface area contributed by atoms with E-state index in [0.29, 0.717) is 29.2 Å². The van der Waals surface area contributed by atoms with Gasteiger partial charge in [0.15, 0.2) is 0 Å². The highest BCUT2D eigenvalue weighted by Gasteiger charge is 2.22. The molecular formula is C25H29N3O2. The first-order valence-corrected chi connectivity index (χ1v) is 10.7. The highest BCUT2D eigenvalue weighted by atomic mass is 16.3. The fourth-order valence-corrected chi connectivity index (χ4v) is 4.59. The van der Waals surface area contributed by atoms with E-state index in [2.05, 4.69) is 17.9 Å². The standard InChI is InChI=1S/C25H29N3O2/c1-4-27-11-7-8-19(27)15-26-16-23-21-9-5-6-10-22(21)24(29)28(25(23)30)20-13-17(2)12-18(3)14-20/h5-6,9-10,12-14,16,19,30H,4,7-8,11,15H2,1-3H3/t19-/m1/s1. The summed E-state index contributed by atoms with van der Waals surface area (Å²) < 4.78 is 1.40. The number of aromatic nitrogens is 1. The Morgan fingerprint density at radius 2 is 1.83 bits per heavy atom. The summed E-state index contributed by atoms with van der Waals surface area (Å²) in [6.45, 7) is 9.02. The lowest BCUT2D eigenvalue weighted by atomic mass is 10.1. The van der Waals surface area contributed by atoms with Gasteiger partial charge in [0.05, 0.1) is 17.8 Å². The second-order valence-corrected chi connectivity index (χ2v) is 8.19. The Morgan fingerprint density at radius 3 is 2.53 bits per heavy atom. The van der Waals surface area contributed by atoms with Crippen LogP contribution < -0.4 is 5.56 Å². The minimum atomic E-state index is -0.224. The third-order valence-electron chi connectivity index (χ3n) is 6.01. The smallest absolute Gasteiger partial charge is 0.265 e. The first-order valence-electron chi connectivity index (χ1n) is 10.7. The lowest BCUT2D eigenvalue weighted by Crippen LogP contribution is -2.31. The predicted molar refractivity (Wildman–Crippen MR) is 123 cm³/mol. The number of hydrogen-bond donors (Lipinski definition) is 1. The van der Waals surface area contributed by atoms with Gasteiger partial charge in [-0.3, -0.25) is 14.7 Å². The Bertz CT molecular complexity index is 1140. The number of aromatic hydroxyl groups is 1. The van der Waals surface area contributed by atoms with Crippen molar-refractivity contribution in [1.82, 2.24) is 9.47 Å². The molecule has 1 saturated heterocycles. The van der Waals surface area contributed by atoms with Gasteiger partial charge < -0.3 is 5.11 Å². The van der Waals surface area contributed by atoms with Crippen LogP contribution in [0.1, 0.15) is 36.5 Å². The van der Waals surface area contributed by atoms with Gasteiger partial charge in [0.25, 0.3) is 5.56 Å². The lowest BCUT2D eigenvalue weighted by Gasteiger charge is -2.20. The Labute approximate surface area is 177 Å². The Balaban J connectivity index is 1.83. The van der Waals surface area contributed by atoms with Gasteiger partial charge in [0.2, 0.25) is 5.88 Å². The van der Waals surface area contributed by atoms with Crippen LogP contribution in [-0.2, 0) is 0 Å². The second kappa shape index (κ2) is 8.44. The first-order chi connectivity index (χ1) is 14.5. The molecule has 5 heteroatoms. The molecular weight excluding hydrogens is 374 g/mol. The molecule has 0 spiro atoms. The summed E-state index contributed by atoms with van der Waals surface area (Å²) in [6.07, 6.45) is 4.10. The first kappa shape index (κ1) is 20.4. The molecule has 0 radical (unpaired) electrons. The molecule has 0 saturated carbocycles. The van der Waals surface area contributed by atoms with Gasteiger partial charge in [0, 0.05) is 23.0 Å².